The summed E-state index contributed by atoms with van der Waals surface area (Å²) in [5, 5.41) is 25.6. The molecule has 2 aromatic heterocycles. The second-order valence-electron chi connectivity index (χ2n) is 4.45. The molecule has 2 rings (SSSR count). The van der Waals surface area contributed by atoms with E-state index in [1.165, 1.54) is 0 Å². The number of hydrogen-bond acceptors (Lipinski definition) is 5. The van der Waals surface area contributed by atoms with Gasteiger partial charge in [-0.15, -0.1) is 5.10 Å². The molecule has 1 unspecified atom stereocenters. The summed E-state index contributed by atoms with van der Waals surface area (Å²) in [7, 11) is 0. The van der Waals surface area contributed by atoms with Gasteiger partial charge in [0.2, 0.25) is 5.95 Å². The van der Waals surface area contributed by atoms with E-state index in [2.05, 4.69) is 15.4 Å². The predicted molar refractivity (Wildman–Crippen MR) is 63.9 cm³/mol. The summed E-state index contributed by atoms with van der Waals surface area (Å²) in [6.45, 7) is 3.40. The Morgan fingerprint density at radius 1 is 1.47 bits per heavy atom. The Hall–Kier alpha value is -1.66. The minimum Gasteiger partial charge on any atom is -0.393 e. The van der Waals surface area contributed by atoms with Gasteiger partial charge >= 0.3 is 0 Å². The van der Waals surface area contributed by atoms with Crippen molar-refractivity contribution in [2.24, 2.45) is 0 Å². The van der Waals surface area contributed by atoms with Crippen molar-refractivity contribution in [1.29, 1.82) is 0 Å². The second-order valence-corrected chi connectivity index (χ2v) is 4.45. The summed E-state index contributed by atoms with van der Waals surface area (Å²) < 4.78 is 1.67. The highest BCUT2D eigenvalue weighted by molar-refractivity contribution is 5.44. The van der Waals surface area contributed by atoms with Crippen molar-refractivity contribution in [2.75, 3.05) is 18.5 Å². The molecule has 6 nitrogen and oxygen atoms in total. The average molecular weight is 236 g/mol. The number of anilines is 1. The molecule has 0 fully saturated rings. The van der Waals surface area contributed by atoms with Gasteiger partial charge in [-0.2, -0.15) is 4.98 Å². The zero-order valence-corrected chi connectivity index (χ0v) is 9.88. The standard InChI is InChI=1S/C11H16N4O2/c1-8-3-4-9-13-10(14-15(9)5-8)12-6-11(2,17)7-16/h3-5,16-17H,6-7H2,1-2H3,(H,12,14). The fraction of sp³-hybridized carbons (Fsp3) is 0.455. The summed E-state index contributed by atoms with van der Waals surface area (Å²) in [5.74, 6) is 0.435. The van der Waals surface area contributed by atoms with Gasteiger partial charge in [-0.1, -0.05) is 6.07 Å². The SMILES string of the molecule is Cc1ccc2nc(NCC(C)(O)CO)nn2c1. The summed E-state index contributed by atoms with van der Waals surface area (Å²) in [5.41, 5.74) is 0.658. The van der Waals surface area contributed by atoms with Gasteiger partial charge in [-0.05, 0) is 25.5 Å². The third-order valence-corrected chi connectivity index (χ3v) is 2.45. The largest absolute Gasteiger partial charge is 0.393 e. The van der Waals surface area contributed by atoms with E-state index in [0.717, 1.165) is 11.2 Å². The molecule has 0 amide bonds. The van der Waals surface area contributed by atoms with Crippen LogP contribution in [0.2, 0.25) is 0 Å². The molecule has 0 aliphatic heterocycles. The molecule has 0 saturated heterocycles. The number of nitrogens with zero attached hydrogens (tertiary/aromatic N) is 3. The topological polar surface area (TPSA) is 82.7 Å². The first-order valence-electron chi connectivity index (χ1n) is 5.40. The molecule has 17 heavy (non-hydrogen) atoms. The first-order chi connectivity index (χ1) is 8.00. The van der Waals surface area contributed by atoms with E-state index in [1.807, 2.05) is 25.3 Å². The Morgan fingerprint density at radius 3 is 2.94 bits per heavy atom. The van der Waals surface area contributed by atoms with Gasteiger partial charge in [0.15, 0.2) is 5.65 Å². The molecule has 0 radical (unpaired) electrons. The molecule has 2 aromatic rings. The van der Waals surface area contributed by atoms with E-state index >= 15 is 0 Å². The van der Waals surface area contributed by atoms with Crippen LogP contribution in [0.3, 0.4) is 0 Å². The first-order valence-corrected chi connectivity index (χ1v) is 5.40. The monoisotopic (exact) mass is 236 g/mol. The van der Waals surface area contributed by atoms with Gasteiger partial charge in [0.1, 0.15) is 5.60 Å². The van der Waals surface area contributed by atoms with Crippen LogP contribution in [0.4, 0.5) is 5.95 Å². The molecule has 0 aromatic carbocycles. The fourth-order valence-corrected chi connectivity index (χ4v) is 1.39. The van der Waals surface area contributed by atoms with Crippen LogP contribution >= 0.6 is 0 Å². The van der Waals surface area contributed by atoms with Gasteiger partial charge in [-0.25, -0.2) is 4.52 Å². The van der Waals surface area contributed by atoms with E-state index in [9.17, 15) is 5.11 Å². The van der Waals surface area contributed by atoms with Crippen molar-refractivity contribution in [3.63, 3.8) is 0 Å². The van der Waals surface area contributed by atoms with Crippen LogP contribution in [0, 0.1) is 6.92 Å². The highest BCUT2D eigenvalue weighted by atomic mass is 16.3. The molecule has 0 saturated carbocycles. The van der Waals surface area contributed by atoms with Gasteiger partial charge in [0.25, 0.3) is 0 Å². The van der Waals surface area contributed by atoms with Crippen molar-refractivity contribution < 1.29 is 10.2 Å². The van der Waals surface area contributed by atoms with Crippen LogP contribution in [0.15, 0.2) is 18.3 Å². The molecule has 3 N–H and O–H groups in total. The zero-order chi connectivity index (χ0) is 12.5. The van der Waals surface area contributed by atoms with Crippen molar-refractivity contribution in [3.8, 4) is 0 Å². The Labute approximate surface area is 98.9 Å². The van der Waals surface area contributed by atoms with Gasteiger partial charge < -0.3 is 15.5 Å². The van der Waals surface area contributed by atoms with E-state index in [0.29, 0.717) is 5.95 Å². The van der Waals surface area contributed by atoms with E-state index in [1.54, 1.807) is 11.4 Å². The van der Waals surface area contributed by atoms with Crippen LogP contribution in [-0.4, -0.2) is 43.6 Å². The van der Waals surface area contributed by atoms with Crippen molar-refractivity contribution in [3.05, 3.63) is 23.9 Å². The second kappa shape index (κ2) is 4.31. The van der Waals surface area contributed by atoms with Crippen molar-refractivity contribution in [1.82, 2.24) is 14.6 Å². The quantitative estimate of drug-likeness (QED) is 0.706. The molecule has 1 atom stereocenters. The summed E-state index contributed by atoms with van der Waals surface area (Å²) in [6, 6.07) is 3.83. The van der Waals surface area contributed by atoms with Crippen molar-refractivity contribution in [2.45, 2.75) is 19.4 Å². The highest BCUT2D eigenvalue weighted by Crippen LogP contribution is 2.08. The lowest BCUT2D eigenvalue weighted by Crippen LogP contribution is -2.37. The number of pyridine rings is 1. The number of aliphatic hydroxyl groups is 2. The Morgan fingerprint density at radius 2 is 2.24 bits per heavy atom. The maximum Gasteiger partial charge on any atom is 0.243 e. The lowest BCUT2D eigenvalue weighted by atomic mass is 10.1. The number of aryl methyl sites for hydroxylation is 1. The highest BCUT2D eigenvalue weighted by Gasteiger charge is 2.19. The molecule has 2 heterocycles. The van der Waals surface area contributed by atoms with E-state index in [4.69, 9.17) is 5.11 Å². The molecule has 0 aliphatic rings. The van der Waals surface area contributed by atoms with Gasteiger partial charge in [-0.3, -0.25) is 0 Å². The van der Waals surface area contributed by atoms with Gasteiger partial charge in [0.05, 0.1) is 6.61 Å². The summed E-state index contributed by atoms with van der Waals surface area (Å²) >= 11 is 0. The number of hydrogen-bond donors (Lipinski definition) is 3. The predicted octanol–water partition coefficient (Wildman–Crippen LogP) is 0.193. The Bertz CT molecular complexity index is 521. The molecule has 6 heteroatoms. The maximum atomic E-state index is 9.63. The van der Waals surface area contributed by atoms with Crippen molar-refractivity contribution >= 4 is 11.6 Å². The number of nitrogens with one attached hydrogen (secondary N) is 1. The first kappa shape index (κ1) is 11.8. The Balaban J connectivity index is 2.15. The fourth-order valence-electron chi connectivity index (χ4n) is 1.39. The van der Waals surface area contributed by atoms with Crippen LogP contribution in [0.1, 0.15) is 12.5 Å². The van der Waals surface area contributed by atoms with E-state index in [-0.39, 0.29) is 13.2 Å². The lowest BCUT2D eigenvalue weighted by molar-refractivity contribution is 0.0131. The Kier molecular flexibility index (Phi) is 2.99. The average Bonchev–Trinajstić information content (AvgIpc) is 2.68. The molecule has 0 bridgehead atoms. The van der Waals surface area contributed by atoms with Crippen LogP contribution < -0.4 is 5.32 Å². The van der Waals surface area contributed by atoms with Crippen LogP contribution in [0.25, 0.3) is 5.65 Å². The molecular weight excluding hydrogens is 220 g/mol. The minimum atomic E-state index is -1.17. The zero-order valence-electron chi connectivity index (χ0n) is 9.88. The maximum absolute atomic E-state index is 9.63. The molecule has 0 aliphatic carbocycles. The third-order valence-electron chi connectivity index (χ3n) is 2.45. The van der Waals surface area contributed by atoms with Crippen LogP contribution in [-0.2, 0) is 0 Å². The summed E-state index contributed by atoms with van der Waals surface area (Å²) in [6.07, 6.45) is 1.87. The molecule has 92 valence electrons. The number of fused-ring (bicyclic) bond motifs is 1. The summed E-state index contributed by atoms with van der Waals surface area (Å²) in [4.78, 5) is 4.24. The van der Waals surface area contributed by atoms with Crippen LogP contribution in [0.5, 0.6) is 0 Å². The number of aliphatic hydroxyl groups excluding tert-OH is 1. The molecule has 0 spiro atoms. The lowest BCUT2D eigenvalue weighted by Gasteiger charge is -2.19. The van der Waals surface area contributed by atoms with Gasteiger partial charge in [0, 0.05) is 12.7 Å². The third kappa shape index (κ3) is 2.72. The van der Waals surface area contributed by atoms with E-state index < -0.39 is 5.60 Å². The smallest absolute Gasteiger partial charge is 0.243 e. The number of aromatic nitrogens is 3. The molecular formula is C11H16N4O2. The normalized spacial score (nSPS) is 14.8. The minimum absolute atomic E-state index is 0.194. The number of rotatable bonds is 4.